The van der Waals surface area contributed by atoms with Crippen molar-refractivity contribution in [1.29, 1.82) is 0 Å². The molecule has 1 aliphatic rings. The highest BCUT2D eigenvalue weighted by Crippen LogP contribution is 2.27. The molecule has 2 rings (SSSR count). The van der Waals surface area contributed by atoms with Crippen molar-refractivity contribution in [3.05, 3.63) is 17.8 Å². The lowest BCUT2D eigenvalue weighted by molar-refractivity contribution is -0.141. The first-order chi connectivity index (χ1) is 8.97. The SMILES string of the molecule is OC1CCCCCC1Nc1ccc(C(F)(F)F)nn1. The molecule has 0 aliphatic heterocycles. The highest BCUT2D eigenvalue weighted by molar-refractivity contribution is 5.35. The molecule has 0 amide bonds. The number of aromatic nitrogens is 2. The number of nitrogens with zero attached hydrogens (tertiary/aromatic N) is 2. The fraction of sp³-hybridized carbons (Fsp3) is 0.667. The Balaban J connectivity index is 2.02. The second-order valence-corrected chi connectivity index (χ2v) is 4.76. The van der Waals surface area contributed by atoms with Gasteiger partial charge in [0.25, 0.3) is 0 Å². The minimum atomic E-state index is -4.48. The summed E-state index contributed by atoms with van der Waals surface area (Å²) in [4.78, 5) is 0. The van der Waals surface area contributed by atoms with Crippen molar-refractivity contribution >= 4 is 5.82 Å². The van der Waals surface area contributed by atoms with Gasteiger partial charge in [0.2, 0.25) is 0 Å². The van der Waals surface area contributed by atoms with Crippen LogP contribution in [0.4, 0.5) is 19.0 Å². The molecule has 1 saturated carbocycles. The van der Waals surface area contributed by atoms with E-state index in [0.29, 0.717) is 6.42 Å². The number of halogens is 3. The molecule has 0 radical (unpaired) electrons. The smallest absolute Gasteiger partial charge is 0.391 e. The summed E-state index contributed by atoms with van der Waals surface area (Å²) >= 11 is 0. The van der Waals surface area contributed by atoms with Crippen LogP contribution in [-0.4, -0.2) is 27.4 Å². The normalized spacial score (nSPS) is 24.8. The Labute approximate surface area is 109 Å². The van der Waals surface area contributed by atoms with Gasteiger partial charge in [-0.2, -0.15) is 13.2 Å². The van der Waals surface area contributed by atoms with Gasteiger partial charge in [-0.15, -0.1) is 10.2 Å². The van der Waals surface area contributed by atoms with E-state index < -0.39 is 18.0 Å². The molecule has 1 fully saturated rings. The van der Waals surface area contributed by atoms with Crippen LogP contribution in [0.25, 0.3) is 0 Å². The highest BCUT2D eigenvalue weighted by Gasteiger charge is 2.33. The van der Waals surface area contributed by atoms with Crippen LogP contribution in [0, 0.1) is 0 Å². The van der Waals surface area contributed by atoms with Gasteiger partial charge in [0.1, 0.15) is 5.82 Å². The van der Waals surface area contributed by atoms with Crippen LogP contribution < -0.4 is 5.32 Å². The van der Waals surface area contributed by atoms with Crippen molar-refractivity contribution in [1.82, 2.24) is 10.2 Å². The van der Waals surface area contributed by atoms with Crippen LogP contribution in [-0.2, 0) is 6.18 Å². The molecule has 2 unspecified atom stereocenters. The van der Waals surface area contributed by atoms with Gasteiger partial charge in [-0.1, -0.05) is 19.3 Å². The van der Waals surface area contributed by atoms with Gasteiger partial charge in [0.05, 0.1) is 12.1 Å². The lowest BCUT2D eigenvalue weighted by Gasteiger charge is -2.22. The summed E-state index contributed by atoms with van der Waals surface area (Å²) in [6.07, 6.45) is -0.468. The zero-order valence-electron chi connectivity index (χ0n) is 10.3. The second-order valence-electron chi connectivity index (χ2n) is 4.76. The number of alkyl halides is 3. The maximum absolute atomic E-state index is 12.3. The average Bonchev–Trinajstić information content (AvgIpc) is 2.55. The van der Waals surface area contributed by atoms with Crippen LogP contribution >= 0.6 is 0 Å². The number of anilines is 1. The largest absolute Gasteiger partial charge is 0.435 e. The third-order valence-electron chi connectivity index (χ3n) is 3.27. The lowest BCUT2D eigenvalue weighted by Crippen LogP contribution is -2.32. The van der Waals surface area contributed by atoms with Crippen LogP contribution in [0.5, 0.6) is 0 Å². The number of aliphatic hydroxyl groups is 1. The maximum Gasteiger partial charge on any atom is 0.435 e. The van der Waals surface area contributed by atoms with Crippen molar-refractivity contribution in [2.45, 2.75) is 50.4 Å². The monoisotopic (exact) mass is 275 g/mol. The molecule has 2 atom stereocenters. The van der Waals surface area contributed by atoms with E-state index in [1.54, 1.807) is 0 Å². The lowest BCUT2D eigenvalue weighted by atomic mass is 10.1. The predicted octanol–water partition coefficient (Wildman–Crippen LogP) is 2.60. The first-order valence-electron chi connectivity index (χ1n) is 6.32. The maximum atomic E-state index is 12.3. The molecule has 0 aromatic carbocycles. The summed E-state index contributed by atoms with van der Waals surface area (Å²) in [5.41, 5.74) is -1.01. The van der Waals surface area contributed by atoms with Gasteiger partial charge < -0.3 is 10.4 Å². The number of aliphatic hydroxyl groups excluding tert-OH is 1. The molecule has 7 heteroatoms. The molecule has 0 saturated heterocycles. The van der Waals surface area contributed by atoms with Gasteiger partial charge in [-0.05, 0) is 25.0 Å². The molecule has 1 aromatic rings. The van der Waals surface area contributed by atoms with Crippen molar-refractivity contribution in [2.24, 2.45) is 0 Å². The van der Waals surface area contributed by atoms with Gasteiger partial charge in [0.15, 0.2) is 5.69 Å². The minimum Gasteiger partial charge on any atom is -0.391 e. The van der Waals surface area contributed by atoms with E-state index in [1.807, 2.05) is 0 Å². The van der Waals surface area contributed by atoms with Crippen molar-refractivity contribution in [2.75, 3.05) is 5.32 Å². The van der Waals surface area contributed by atoms with E-state index in [-0.39, 0.29) is 11.9 Å². The minimum absolute atomic E-state index is 0.173. The summed E-state index contributed by atoms with van der Waals surface area (Å²) in [6, 6.07) is 1.96. The Morgan fingerprint density at radius 1 is 1.11 bits per heavy atom. The summed E-state index contributed by atoms with van der Waals surface area (Å²) in [5.74, 6) is 0.263. The van der Waals surface area contributed by atoms with E-state index in [0.717, 1.165) is 31.7 Å². The Kier molecular flexibility index (Phi) is 4.24. The molecule has 1 heterocycles. The highest BCUT2D eigenvalue weighted by atomic mass is 19.4. The van der Waals surface area contributed by atoms with Crippen LogP contribution in [0.15, 0.2) is 12.1 Å². The molecule has 4 nitrogen and oxygen atoms in total. The van der Waals surface area contributed by atoms with Crippen molar-refractivity contribution < 1.29 is 18.3 Å². The van der Waals surface area contributed by atoms with E-state index in [4.69, 9.17) is 0 Å². The van der Waals surface area contributed by atoms with E-state index >= 15 is 0 Å². The first kappa shape index (κ1) is 14.0. The molecule has 19 heavy (non-hydrogen) atoms. The Bertz CT molecular complexity index is 408. The number of nitrogens with one attached hydrogen (secondary N) is 1. The van der Waals surface area contributed by atoms with Crippen LogP contribution in [0.2, 0.25) is 0 Å². The number of hydrogen-bond acceptors (Lipinski definition) is 4. The van der Waals surface area contributed by atoms with E-state index in [9.17, 15) is 18.3 Å². The molecular formula is C12H16F3N3O. The Morgan fingerprint density at radius 3 is 2.47 bits per heavy atom. The fourth-order valence-electron chi connectivity index (χ4n) is 2.21. The number of hydrogen-bond donors (Lipinski definition) is 2. The second kappa shape index (κ2) is 5.73. The average molecular weight is 275 g/mol. The number of rotatable bonds is 2. The van der Waals surface area contributed by atoms with Crippen molar-refractivity contribution in [3.8, 4) is 0 Å². The summed E-state index contributed by atoms with van der Waals surface area (Å²) in [7, 11) is 0. The molecule has 1 aliphatic carbocycles. The van der Waals surface area contributed by atoms with Gasteiger partial charge in [0, 0.05) is 0 Å². The zero-order chi connectivity index (χ0) is 13.9. The van der Waals surface area contributed by atoms with Gasteiger partial charge in [-0.3, -0.25) is 0 Å². The van der Waals surface area contributed by atoms with Crippen LogP contribution in [0.1, 0.15) is 37.8 Å². The predicted molar refractivity (Wildman–Crippen MR) is 63.5 cm³/mol. The topological polar surface area (TPSA) is 58.0 Å². The molecular weight excluding hydrogens is 259 g/mol. The summed E-state index contributed by atoms with van der Waals surface area (Å²) < 4.78 is 37.0. The first-order valence-corrected chi connectivity index (χ1v) is 6.32. The Hall–Kier alpha value is -1.37. The third-order valence-corrected chi connectivity index (χ3v) is 3.27. The summed E-state index contributed by atoms with van der Waals surface area (Å²) in [5, 5.41) is 19.5. The standard InChI is InChI=1S/C12H16F3N3O/c13-12(14,15)10-6-7-11(18-17-10)16-8-4-2-1-3-5-9(8)19/h6-9,19H,1-5H2,(H,16,18). The van der Waals surface area contributed by atoms with Crippen molar-refractivity contribution in [3.63, 3.8) is 0 Å². The fourth-order valence-corrected chi connectivity index (χ4v) is 2.21. The van der Waals surface area contributed by atoms with E-state index in [2.05, 4.69) is 15.5 Å². The van der Waals surface area contributed by atoms with E-state index in [1.165, 1.54) is 6.07 Å². The molecule has 2 N–H and O–H groups in total. The molecule has 106 valence electrons. The third kappa shape index (κ3) is 3.79. The summed E-state index contributed by atoms with van der Waals surface area (Å²) in [6.45, 7) is 0. The van der Waals surface area contributed by atoms with Gasteiger partial charge in [-0.25, -0.2) is 0 Å². The molecule has 1 aromatic heterocycles. The molecule has 0 bridgehead atoms. The van der Waals surface area contributed by atoms with Gasteiger partial charge >= 0.3 is 6.18 Å². The quantitative estimate of drug-likeness (QED) is 0.815. The van der Waals surface area contributed by atoms with Crippen LogP contribution in [0.3, 0.4) is 0 Å². The molecule has 0 spiro atoms. The Morgan fingerprint density at radius 2 is 1.84 bits per heavy atom. The zero-order valence-corrected chi connectivity index (χ0v) is 10.3.